The van der Waals surface area contributed by atoms with Gasteiger partial charge in [-0.3, -0.25) is 10.6 Å². The van der Waals surface area contributed by atoms with Gasteiger partial charge in [-0.1, -0.05) is 11.6 Å². The zero-order valence-electron chi connectivity index (χ0n) is 10.1. The summed E-state index contributed by atoms with van der Waals surface area (Å²) < 4.78 is 25.9. The number of nitrogen functional groups attached to an aromatic ring is 1. The molecule has 0 aliphatic heterocycles. The van der Waals surface area contributed by atoms with Crippen LogP contribution in [-0.4, -0.2) is 5.91 Å². The first kappa shape index (κ1) is 14.2. The Hall–Kier alpha value is -2.18. The Balaban J connectivity index is 2.27. The number of hydrazine groups is 1. The van der Waals surface area contributed by atoms with Gasteiger partial charge in [-0.2, -0.15) is 0 Å². The van der Waals surface area contributed by atoms with Gasteiger partial charge in [0.15, 0.2) is 11.6 Å². The summed E-state index contributed by atoms with van der Waals surface area (Å²) in [5, 5.41) is 2.78. The van der Waals surface area contributed by atoms with Gasteiger partial charge in [-0.05, 0) is 30.3 Å². The van der Waals surface area contributed by atoms with Crippen LogP contribution in [0.5, 0.6) is 0 Å². The average molecular weight is 298 g/mol. The van der Waals surface area contributed by atoms with Crippen LogP contribution in [0.3, 0.4) is 0 Å². The van der Waals surface area contributed by atoms with E-state index in [9.17, 15) is 13.6 Å². The summed E-state index contributed by atoms with van der Waals surface area (Å²) in [6, 6.07) is 7.55. The quantitative estimate of drug-likeness (QED) is 0.602. The minimum Gasteiger partial charge on any atom is -0.323 e. The van der Waals surface area contributed by atoms with Gasteiger partial charge in [0, 0.05) is 16.8 Å². The van der Waals surface area contributed by atoms with E-state index in [1.807, 2.05) is 0 Å². The van der Waals surface area contributed by atoms with Crippen molar-refractivity contribution in [1.82, 2.24) is 0 Å². The van der Waals surface area contributed by atoms with Gasteiger partial charge in [0.25, 0.3) is 5.91 Å². The Morgan fingerprint density at radius 3 is 2.50 bits per heavy atom. The first-order valence-electron chi connectivity index (χ1n) is 5.54. The first-order valence-corrected chi connectivity index (χ1v) is 5.91. The van der Waals surface area contributed by atoms with Gasteiger partial charge in [-0.25, -0.2) is 8.78 Å². The van der Waals surface area contributed by atoms with Crippen LogP contribution in [0, 0.1) is 11.6 Å². The van der Waals surface area contributed by atoms with Crippen LogP contribution in [0.15, 0.2) is 36.4 Å². The summed E-state index contributed by atoms with van der Waals surface area (Å²) in [5.41, 5.74) is 3.02. The number of rotatable bonds is 3. The molecule has 4 N–H and O–H groups in total. The second kappa shape index (κ2) is 5.85. The molecular weight excluding hydrogens is 288 g/mol. The molecular formula is C13H10ClF2N3O. The predicted octanol–water partition coefficient (Wildman–Crippen LogP) is 3.16. The van der Waals surface area contributed by atoms with E-state index in [1.54, 1.807) is 6.07 Å². The van der Waals surface area contributed by atoms with E-state index in [2.05, 4.69) is 10.7 Å². The van der Waals surface area contributed by atoms with E-state index in [0.29, 0.717) is 10.7 Å². The fourth-order valence-corrected chi connectivity index (χ4v) is 1.77. The molecule has 0 saturated carbocycles. The first-order chi connectivity index (χ1) is 9.51. The topological polar surface area (TPSA) is 67.1 Å². The van der Waals surface area contributed by atoms with Crippen molar-refractivity contribution >= 4 is 28.9 Å². The number of anilines is 2. The molecule has 0 radical (unpaired) electrons. The number of nitrogens with one attached hydrogen (secondary N) is 2. The van der Waals surface area contributed by atoms with Crippen LogP contribution in [-0.2, 0) is 0 Å². The monoisotopic (exact) mass is 297 g/mol. The van der Waals surface area contributed by atoms with E-state index in [0.717, 1.165) is 12.1 Å². The zero-order chi connectivity index (χ0) is 14.7. The maximum atomic E-state index is 13.1. The molecule has 4 nitrogen and oxygen atoms in total. The lowest BCUT2D eigenvalue weighted by molar-refractivity contribution is 0.102. The van der Waals surface area contributed by atoms with E-state index >= 15 is 0 Å². The third kappa shape index (κ3) is 3.04. The van der Waals surface area contributed by atoms with Crippen molar-refractivity contribution in [2.24, 2.45) is 5.84 Å². The molecule has 0 heterocycles. The number of hydrogen-bond donors (Lipinski definition) is 3. The number of nitrogens with two attached hydrogens (primary N) is 1. The highest BCUT2D eigenvalue weighted by Crippen LogP contribution is 2.22. The minimum atomic E-state index is -1.05. The van der Waals surface area contributed by atoms with Crippen molar-refractivity contribution < 1.29 is 13.6 Å². The van der Waals surface area contributed by atoms with Crippen molar-refractivity contribution in [3.05, 3.63) is 58.6 Å². The molecule has 0 saturated heterocycles. The third-order valence-electron chi connectivity index (χ3n) is 2.56. The Kier molecular flexibility index (Phi) is 4.16. The third-order valence-corrected chi connectivity index (χ3v) is 2.79. The van der Waals surface area contributed by atoms with Crippen molar-refractivity contribution in [3.63, 3.8) is 0 Å². The lowest BCUT2D eigenvalue weighted by atomic mass is 10.1. The van der Waals surface area contributed by atoms with Crippen LogP contribution in [0.4, 0.5) is 20.2 Å². The second-order valence-corrected chi connectivity index (χ2v) is 4.35. The number of carbonyl (C=O) groups excluding carboxylic acids is 1. The number of hydrogen-bond acceptors (Lipinski definition) is 3. The molecule has 0 fully saturated rings. The van der Waals surface area contributed by atoms with Crippen LogP contribution >= 0.6 is 11.6 Å². The van der Waals surface area contributed by atoms with Gasteiger partial charge in [-0.15, -0.1) is 0 Å². The smallest absolute Gasteiger partial charge is 0.257 e. The molecule has 2 aromatic carbocycles. The van der Waals surface area contributed by atoms with E-state index < -0.39 is 17.5 Å². The SMILES string of the molecule is NNc1ccc(Cl)cc1C(=O)Nc1ccc(F)c(F)c1. The maximum Gasteiger partial charge on any atom is 0.257 e. The number of benzene rings is 2. The molecule has 0 aliphatic carbocycles. The van der Waals surface area contributed by atoms with Gasteiger partial charge < -0.3 is 10.7 Å². The largest absolute Gasteiger partial charge is 0.323 e. The summed E-state index contributed by atoms with van der Waals surface area (Å²) in [6.07, 6.45) is 0. The molecule has 0 atom stereocenters. The Morgan fingerprint density at radius 2 is 1.85 bits per heavy atom. The fourth-order valence-electron chi connectivity index (χ4n) is 1.60. The summed E-state index contributed by atoms with van der Waals surface area (Å²) in [7, 11) is 0. The highest BCUT2D eigenvalue weighted by atomic mass is 35.5. The summed E-state index contributed by atoms with van der Waals surface area (Å²) >= 11 is 5.81. The molecule has 20 heavy (non-hydrogen) atoms. The number of amides is 1. The second-order valence-electron chi connectivity index (χ2n) is 3.92. The highest BCUT2D eigenvalue weighted by molar-refractivity contribution is 6.31. The molecule has 0 aromatic heterocycles. The van der Waals surface area contributed by atoms with Crippen molar-refractivity contribution in [2.45, 2.75) is 0 Å². The van der Waals surface area contributed by atoms with E-state index in [-0.39, 0.29) is 11.3 Å². The van der Waals surface area contributed by atoms with E-state index in [4.69, 9.17) is 17.4 Å². The number of carbonyl (C=O) groups is 1. The average Bonchev–Trinajstić information content (AvgIpc) is 2.43. The van der Waals surface area contributed by atoms with Crippen LogP contribution in [0.1, 0.15) is 10.4 Å². The van der Waals surface area contributed by atoms with Gasteiger partial charge in [0.05, 0.1) is 11.3 Å². The molecule has 0 unspecified atom stereocenters. The van der Waals surface area contributed by atoms with Crippen molar-refractivity contribution in [1.29, 1.82) is 0 Å². The summed E-state index contributed by atoms with van der Waals surface area (Å²) in [6.45, 7) is 0. The molecule has 1 amide bonds. The molecule has 7 heteroatoms. The summed E-state index contributed by atoms with van der Waals surface area (Å²) in [5.74, 6) is 2.70. The molecule has 0 bridgehead atoms. The van der Waals surface area contributed by atoms with Crippen molar-refractivity contribution in [3.8, 4) is 0 Å². The predicted molar refractivity (Wildman–Crippen MR) is 73.6 cm³/mol. The molecule has 2 aromatic rings. The highest BCUT2D eigenvalue weighted by Gasteiger charge is 2.13. The van der Waals surface area contributed by atoms with Gasteiger partial charge in [0.2, 0.25) is 0 Å². The molecule has 104 valence electrons. The van der Waals surface area contributed by atoms with Crippen molar-refractivity contribution in [2.75, 3.05) is 10.7 Å². The normalized spacial score (nSPS) is 10.2. The minimum absolute atomic E-state index is 0.122. The maximum absolute atomic E-state index is 13.1. The Bertz CT molecular complexity index is 664. The fraction of sp³-hybridized carbons (Fsp3) is 0. The lowest BCUT2D eigenvalue weighted by Crippen LogP contribution is -2.17. The van der Waals surface area contributed by atoms with Crippen LogP contribution in [0.2, 0.25) is 5.02 Å². The zero-order valence-corrected chi connectivity index (χ0v) is 10.8. The Morgan fingerprint density at radius 1 is 1.10 bits per heavy atom. The summed E-state index contributed by atoms with van der Waals surface area (Å²) in [4.78, 5) is 12.1. The number of halogens is 3. The van der Waals surface area contributed by atoms with Crippen LogP contribution < -0.4 is 16.6 Å². The van der Waals surface area contributed by atoms with Gasteiger partial charge in [0.1, 0.15) is 0 Å². The van der Waals surface area contributed by atoms with E-state index in [1.165, 1.54) is 18.2 Å². The molecule has 0 spiro atoms. The lowest BCUT2D eigenvalue weighted by Gasteiger charge is -2.10. The van der Waals surface area contributed by atoms with Crippen LogP contribution in [0.25, 0.3) is 0 Å². The molecule has 0 aliphatic rings. The van der Waals surface area contributed by atoms with Gasteiger partial charge >= 0.3 is 0 Å². The standard InChI is InChI=1S/C13H10ClF2N3O/c14-7-1-4-12(19-17)9(5-7)13(20)18-8-2-3-10(15)11(16)6-8/h1-6,19H,17H2,(H,18,20). The Labute approximate surface area is 118 Å². The molecule has 2 rings (SSSR count).